The van der Waals surface area contributed by atoms with Crippen LogP contribution < -0.4 is 4.74 Å². The van der Waals surface area contributed by atoms with Crippen LogP contribution in [0.2, 0.25) is 0 Å². The molecule has 0 spiro atoms. The van der Waals surface area contributed by atoms with Gasteiger partial charge in [0, 0.05) is 32.7 Å². The molecule has 170 valence electrons. The molecule has 0 bridgehead atoms. The van der Waals surface area contributed by atoms with Gasteiger partial charge in [0.05, 0.1) is 23.7 Å². The molecule has 0 aromatic heterocycles. The van der Waals surface area contributed by atoms with Crippen LogP contribution in [0.1, 0.15) is 5.56 Å². The van der Waals surface area contributed by atoms with Crippen molar-refractivity contribution in [2.75, 3.05) is 52.5 Å². The molecular formula is C21H25F3N2O4S. The first-order valence-corrected chi connectivity index (χ1v) is 11.4. The number of benzene rings is 2. The van der Waals surface area contributed by atoms with E-state index in [0.717, 1.165) is 17.9 Å². The molecule has 1 aliphatic heterocycles. The summed E-state index contributed by atoms with van der Waals surface area (Å²) in [6.45, 7) is 3.42. The molecule has 0 amide bonds. The highest BCUT2D eigenvalue weighted by Crippen LogP contribution is 2.31. The van der Waals surface area contributed by atoms with E-state index in [1.807, 2.05) is 30.3 Å². The average molecular weight is 459 g/mol. The normalized spacial score (nSPS) is 16.4. The zero-order chi connectivity index (χ0) is 22.3. The highest BCUT2D eigenvalue weighted by atomic mass is 32.2. The number of halogens is 3. The molecule has 31 heavy (non-hydrogen) atoms. The Bertz CT molecular complexity index is 931. The fourth-order valence-electron chi connectivity index (χ4n) is 3.21. The number of ether oxygens (including phenoxy) is 2. The van der Waals surface area contributed by atoms with Crippen molar-refractivity contribution in [1.82, 2.24) is 9.21 Å². The smallest absolute Gasteiger partial charge is 0.416 e. The van der Waals surface area contributed by atoms with Crippen molar-refractivity contribution in [2.45, 2.75) is 11.1 Å². The third kappa shape index (κ3) is 6.67. The number of hydrogen-bond donors (Lipinski definition) is 0. The lowest BCUT2D eigenvalue weighted by Crippen LogP contribution is -2.49. The maximum absolute atomic E-state index is 12.9. The van der Waals surface area contributed by atoms with Gasteiger partial charge in [-0.1, -0.05) is 24.3 Å². The lowest BCUT2D eigenvalue weighted by Gasteiger charge is -2.33. The van der Waals surface area contributed by atoms with Crippen molar-refractivity contribution in [2.24, 2.45) is 0 Å². The standard InChI is InChI=1S/C21H25F3N2O4S/c22-21(23,24)18-5-4-8-20(17-18)31(27,28)26-11-9-25(10-12-26)13-14-29-15-16-30-19-6-2-1-3-7-19/h1-8,17H,9-16H2. The van der Waals surface area contributed by atoms with Gasteiger partial charge in [-0.3, -0.25) is 4.90 Å². The Morgan fingerprint density at radius 3 is 2.26 bits per heavy atom. The zero-order valence-corrected chi connectivity index (χ0v) is 17.7. The second kappa shape index (κ2) is 10.4. The summed E-state index contributed by atoms with van der Waals surface area (Å²) >= 11 is 0. The molecule has 0 N–H and O–H groups in total. The number of piperazine rings is 1. The summed E-state index contributed by atoms with van der Waals surface area (Å²) in [6.07, 6.45) is -4.59. The largest absolute Gasteiger partial charge is 0.491 e. The van der Waals surface area contributed by atoms with Crippen LogP contribution in [0.25, 0.3) is 0 Å². The van der Waals surface area contributed by atoms with E-state index in [1.54, 1.807) is 0 Å². The number of rotatable bonds is 9. The van der Waals surface area contributed by atoms with E-state index >= 15 is 0 Å². The lowest BCUT2D eigenvalue weighted by atomic mass is 10.2. The van der Waals surface area contributed by atoms with E-state index in [2.05, 4.69) is 4.90 Å². The molecular weight excluding hydrogens is 433 g/mol. The number of nitrogens with zero attached hydrogens (tertiary/aromatic N) is 2. The van der Waals surface area contributed by atoms with Crippen LogP contribution in [-0.4, -0.2) is 70.2 Å². The van der Waals surface area contributed by atoms with Gasteiger partial charge in [0.2, 0.25) is 10.0 Å². The van der Waals surface area contributed by atoms with E-state index < -0.39 is 21.8 Å². The van der Waals surface area contributed by atoms with Crippen LogP contribution >= 0.6 is 0 Å². The number of sulfonamides is 1. The van der Waals surface area contributed by atoms with Gasteiger partial charge in [0.15, 0.2) is 0 Å². The number of para-hydroxylation sites is 1. The van der Waals surface area contributed by atoms with E-state index in [9.17, 15) is 21.6 Å². The molecule has 0 aliphatic carbocycles. The fourth-order valence-corrected chi connectivity index (χ4v) is 4.67. The Kier molecular flexibility index (Phi) is 7.93. The average Bonchev–Trinajstić information content (AvgIpc) is 2.77. The molecule has 6 nitrogen and oxygen atoms in total. The third-order valence-electron chi connectivity index (χ3n) is 4.92. The molecule has 0 radical (unpaired) electrons. The highest BCUT2D eigenvalue weighted by Gasteiger charge is 2.33. The Morgan fingerprint density at radius 2 is 1.58 bits per heavy atom. The summed E-state index contributed by atoms with van der Waals surface area (Å²) in [6, 6.07) is 13.3. The van der Waals surface area contributed by atoms with Crippen LogP contribution in [0.4, 0.5) is 13.2 Å². The van der Waals surface area contributed by atoms with Gasteiger partial charge in [-0.2, -0.15) is 17.5 Å². The first kappa shape index (κ1) is 23.5. The van der Waals surface area contributed by atoms with Crippen molar-refractivity contribution >= 4 is 10.0 Å². The van der Waals surface area contributed by atoms with E-state index in [4.69, 9.17) is 9.47 Å². The predicted octanol–water partition coefficient (Wildman–Crippen LogP) is 3.11. The first-order valence-electron chi connectivity index (χ1n) is 9.92. The topological polar surface area (TPSA) is 59.1 Å². The Hall–Kier alpha value is -2.14. The van der Waals surface area contributed by atoms with Gasteiger partial charge in [-0.05, 0) is 30.3 Å². The fraction of sp³-hybridized carbons (Fsp3) is 0.429. The quantitative estimate of drug-likeness (QED) is 0.541. The minimum atomic E-state index is -4.59. The summed E-state index contributed by atoms with van der Waals surface area (Å²) in [5.41, 5.74) is -0.972. The molecule has 1 saturated heterocycles. The molecule has 1 aliphatic rings. The summed E-state index contributed by atoms with van der Waals surface area (Å²) in [5.74, 6) is 0.782. The zero-order valence-electron chi connectivity index (χ0n) is 16.9. The van der Waals surface area contributed by atoms with Crippen LogP contribution in [0.5, 0.6) is 5.75 Å². The Morgan fingerprint density at radius 1 is 0.871 bits per heavy atom. The van der Waals surface area contributed by atoms with Crippen LogP contribution in [0.3, 0.4) is 0 Å². The van der Waals surface area contributed by atoms with Crippen LogP contribution in [-0.2, 0) is 20.9 Å². The van der Waals surface area contributed by atoms with Gasteiger partial charge in [0.1, 0.15) is 12.4 Å². The number of alkyl halides is 3. The summed E-state index contributed by atoms with van der Waals surface area (Å²) < 4.78 is 76.5. The van der Waals surface area contributed by atoms with Crippen molar-refractivity contribution < 1.29 is 31.1 Å². The molecule has 0 atom stereocenters. The van der Waals surface area contributed by atoms with Crippen LogP contribution in [0.15, 0.2) is 59.5 Å². The molecule has 3 rings (SSSR count). The van der Waals surface area contributed by atoms with E-state index in [0.29, 0.717) is 45.5 Å². The second-order valence-electron chi connectivity index (χ2n) is 7.05. The van der Waals surface area contributed by atoms with Crippen LogP contribution in [0, 0.1) is 0 Å². The molecule has 1 heterocycles. The van der Waals surface area contributed by atoms with Gasteiger partial charge < -0.3 is 9.47 Å². The SMILES string of the molecule is O=S(=O)(c1cccc(C(F)(F)F)c1)N1CCN(CCOCCOc2ccccc2)CC1. The Balaban J connectivity index is 1.40. The summed E-state index contributed by atoms with van der Waals surface area (Å²) in [5, 5.41) is 0. The molecule has 2 aromatic carbocycles. The van der Waals surface area contributed by atoms with Crippen molar-refractivity contribution in [3.63, 3.8) is 0 Å². The number of hydrogen-bond acceptors (Lipinski definition) is 5. The van der Waals surface area contributed by atoms with Crippen molar-refractivity contribution in [3.05, 3.63) is 60.2 Å². The third-order valence-corrected chi connectivity index (χ3v) is 6.82. The van der Waals surface area contributed by atoms with Gasteiger partial charge in [-0.15, -0.1) is 0 Å². The van der Waals surface area contributed by atoms with Crippen molar-refractivity contribution in [3.8, 4) is 5.75 Å². The Labute approximate surface area is 180 Å². The van der Waals surface area contributed by atoms with Gasteiger partial charge in [0.25, 0.3) is 0 Å². The highest BCUT2D eigenvalue weighted by molar-refractivity contribution is 7.89. The van der Waals surface area contributed by atoms with Gasteiger partial charge in [-0.25, -0.2) is 8.42 Å². The van der Waals surface area contributed by atoms with Crippen molar-refractivity contribution in [1.29, 1.82) is 0 Å². The summed E-state index contributed by atoms with van der Waals surface area (Å²) in [7, 11) is -3.97. The minimum absolute atomic E-state index is 0.218. The molecule has 0 saturated carbocycles. The minimum Gasteiger partial charge on any atom is -0.491 e. The lowest BCUT2D eigenvalue weighted by molar-refractivity contribution is -0.137. The van der Waals surface area contributed by atoms with E-state index in [1.165, 1.54) is 10.4 Å². The van der Waals surface area contributed by atoms with Gasteiger partial charge >= 0.3 is 6.18 Å². The maximum atomic E-state index is 12.9. The molecule has 0 unspecified atom stereocenters. The molecule has 10 heteroatoms. The molecule has 2 aromatic rings. The summed E-state index contributed by atoms with van der Waals surface area (Å²) in [4.78, 5) is 1.73. The second-order valence-corrected chi connectivity index (χ2v) is 8.98. The molecule has 1 fully saturated rings. The first-order chi connectivity index (χ1) is 14.8. The van der Waals surface area contributed by atoms with E-state index in [-0.39, 0.29) is 18.0 Å². The maximum Gasteiger partial charge on any atom is 0.416 e. The predicted molar refractivity (Wildman–Crippen MR) is 109 cm³/mol. The monoisotopic (exact) mass is 458 g/mol.